The number of hydrogen-bond donors (Lipinski definition) is 1. The summed E-state index contributed by atoms with van der Waals surface area (Å²) in [6.07, 6.45) is 8.42. The van der Waals surface area contributed by atoms with E-state index in [-0.39, 0.29) is 0 Å². The molecule has 1 aromatic rings. The number of phenols is 1. The van der Waals surface area contributed by atoms with Crippen LogP contribution in [0.3, 0.4) is 0 Å². The van der Waals surface area contributed by atoms with Crippen LogP contribution in [0.5, 0.6) is 5.75 Å². The van der Waals surface area contributed by atoms with Gasteiger partial charge in [0.2, 0.25) is 0 Å². The van der Waals surface area contributed by atoms with Crippen LogP contribution in [-0.2, 0) is 6.54 Å². The van der Waals surface area contributed by atoms with Crippen molar-refractivity contribution in [2.75, 3.05) is 6.54 Å². The van der Waals surface area contributed by atoms with Crippen LogP contribution in [-0.4, -0.2) is 22.6 Å². The average molecular weight is 245 g/mol. The van der Waals surface area contributed by atoms with E-state index in [1.54, 1.807) is 6.07 Å². The molecule has 2 nitrogen and oxygen atoms in total. The monoisotopic (exact) mass is 245 g/mol. The second-order valence-corrected chi connectivity index (χ2v) is 5.89. The third-order valence-electron chi connectivity index (χ3n) is 4.65. The lowest BCUT2D eigenvalue weighted by molar-refractivity contribution is 0.0546. The lowest BCUT2D eigenvalue weighted by Crippen LogP contribution is -2.46. The van der Waals surface area contributed by atoms with Gasteiger partial charge < -0.3 is 5.11 Å². The highest BCUT2D eigenvalue weighted by atomic mass is 16.3. The molecule has 0 amide bonds. The Morgan fingerprint density at radius 3 is 2.83 bits per heavy atom. The minimum Gasteiger partial charge on any atom is -0.508 e. The van der Waals surface area contributed by atoms with E-state index in [0.29, 0.717) is 5.75 Å². The van der Waals surface area contributed by atoms with Gasteiger partial charge in [-0.05, 0) is 55.8 Å². The van der Waals surface area contributed by atoms with Gasteiger partial charge in [0, 0.05) is 12.6 Å². The topological polar surface area (TPSA) is 23.5 Å². The smallest absolute Gasteiger partial charge is 0.115 e. The van der Waals surface area contributed by atoms with Crippen molar-refractivity contribution in [3.8, 4) is 5.75 Å². The molecule has 0 unspecified atom stereocenters. The zero-order valence-electron chi connectivity index (χ0n) is 11.0. The maximum absolute atomic E-state index is 9.56. The lowest BCUT2D eigenvalue weighted by atomic mass is 9.78. The van der Waals surface area contributed by atoms with Crippen LogP contribution >= 0.6 is 0 Å². The van der Waals surface area contributed by atoms with Crippen molar-refractivity contribution in [3.63, 3.8) is 0 Å². The normalized spacial score (nSPS) is 28.9. The van der Waals surface area contributed by atoms with Crippen LogP contribution in [0.25, 0.3) is 0 Å². The summed E-state index contributed by atoms with van der Waals surface area (Å²) < 4.78 is 0. The first-order valence-electron chi connectivity index (χ1n) is 7.35. The number of piperidine rings is 1. The van der Waals surface area contributed by atoms with Crippen molar-refractivity contribution in [1.29, 1.82) is 0 Å². The summed E-state index contributed by atoms with van der Waals surface area (Å²) in [5.41, 5.74) is 1.25. The van der Waals surface area contributed by atoms with Gasteiger partial charge in [0.1, 0.15) is 5.75 Å². The number of benzene rings is 1. The predicted molar refractivity (Wildman–Crippen MR) is 73.5 cm³/mol. The Labute approximate surface area is 110 Å². The minimum absolute atomic E-state index is 0.393. The van der Waals surface area contributed by atoms with Crippen LogP contribution < -0.4 is 0 Å². The molecule has 1 heterocycles. The number of nitrogens with zero attached hydrogens (tertiary/aromatic N) is 1. The Morgan fingerprint density at radius 2 is 1.94 bits per heavy atom. The number of hydrogen-bond acceptors (Lipinski definition) is 2. The summed E-state index contributed by atoms with van der Waals surface area (Å²) >= 11 is 0. The second-order valence-electron chi connectivity index (χ2n) is 5.89. The van der Waals surface area contributed by atoms with E-state index in [9.17, 15) is 5.11 Å². The van der Waals surface area contributed by atoms with E-state index in [4.69, 9.17) is 0 Å². The van der Waals surface area contributed by atoms with Crippen LogP contribution in [0.4, 0.5) is 0 Å². The largest absolute Gasteiger partial charge is 0.508 e. The number of rotatable bonds is 2. The molecule has 1 saturated carbocycles. The third-order valence-corrected chi connectivity index (χ3v) is 4.65. The van der Waals surface area contributed by atoms with E-state index < -0.39 is 0 Å². The fourth-order valence-corrected chi connectivity index (χ4v) is 3.81. The van der Waals surface area contributed by atoms with E-state index >= 15 is 0 Å². The van der Waals surface area contributed by atoms with Crippen LogP contribution in [0.1, 0.15) is 44.1 Å². The van der Waals surface area contributed by atoms with Gasteiger partial charge in [0.25, 0.3) is 0 Å². The molecule has 1 aromatic carbocycles. The summed E-state index contributed by atoms with van der Waals surface area (Å²) in [7, 11) is 0. The molecule has 18 heavy (non-hydrogen) atoms. The highest BCUT2D eigenvalue weighted by molar-refractivity contribution is 5.27. The standard InChI is InChI=1S/C16H23NO/c18-15-8-3-5-13(11-15)12-17-10-4-7-14-6-1-2-9-16(14)17/h3,5,8,11,14,16,18H,1-2,4,6-7,9-10,12H2/t14-,16-/m1/s1. The maximum atomic E-state index is 9.56. The van der Waals surface area contributed by atoms with Gasteiger partial charge in [-0.3, -0.25) is 4.90 Å². The van der Waals surface area contributed by atoms with Gasteiger partial charge in [-0.15, -0.1) is 0 Å². The molecular weight excluding hydrogens is 222 g/mol. The summed E-state index contributed by atoms with van der Waals surface area (Å²) in [5.74, 6) is 1.33. The SMILES string of the molecule is Oc1cccc(CN2CCC[C@H]3CCCC[C@H]32)c1. The molecule has 98 valence electrons. The van der Waals surface area contributed by atoms with Gasteiger partial charge in [0.15, 0.2) is 0 Å². The van der Waals surface area contributed by atoms with Crippen molar-refractivity contribution in [1.82, 2.24) is 4.90 Å². The van der Waals surface area contributed by atoms with E-state index in [0.717, 1.165) is 18.5 Å². The van der Waals surface area contributed by atoms with Gasteiger partial charge in [0.05, 0.1) is 0 Å². The summed E-state index contributed by atoms with van der Waals surface area (Å²) in [6.45, 7) is 2.24. The van der Waals surface area contributed by atoms with Crippen LogP contribution in [0.2, 0.25) is 0 Å². The van der Waals surface area contributed by atoms with Crippen molar-refractivity contribution in [2.45, 2.75) is 51.1 Å². The van der Waals surface area contributed by atoms with Gasteiger partial charge in [-0.1, -0.05) is 25.0 Å². The number of fused-ring (bicyclic) bond motifs is 1. The zero-order valence-corrected chi connectivity index (χ0v) is 11.0. The fourth-order valence-electron chi connectivity index (χ4n) is 3.81. The van der Waals surface area contributed by atoms with Crippen molar-refractivity contribution < 1.29 is 5.11 Å². The molecule has 0 radical (unpaired) electrons. The van der Waals surface area contributed by atoms with E-state index in [2.05, 4.69) is 11.0 Å². The van der Waals surface area contributed by atoms with E-state index in [1.165, 1.54) is 50.6 Å². The third kappa shape index (κ3) is 2.54. The molecule has 1 aliphatic carbocycles. The maximum Gasteiger partial charge on any atom is 0.115 e. The first-order chi connectivity index (χ1) is 8.83. The molecular formula is C16H23NO. The number of phenolic OH excluding ortho intramolecular Hbond substituents is 1. The lowest BCUT2D eigenvalue weighted by Gasteiger charge is -2.44. The molecule has 0 bridgehead atoms. The quantitative estimate of drug-likeness (QED) is 0.861. The minimum atomic E-state index is 0.393. The Kier molecular flexibility index (Phi) is 3.55. The molecule has 1 aliphatic heterocycles. The molecule has 3 rings (SSSR count). The molecule has 2 fully saturated rings. The Balaban J connectivity index is 1.71. The summed E-state index contributed by atoms with van der Waals surface area (Å²) in [5, 5.41) is 9.56. The highest BCUT2D eigenvalue weighted by Crippen LogP contribution is 2.36. The molecule has 1 N–H and O–H groups in total. The molecule has 1 saturated heterocycles. The Bertz CT molecular complexity index is 402. The van der Waals surface area contributed by atoms with Crippen molar-refractivity contribution in [3.05, 3.63) is 29.8 Å². The summed E-state index contributed by atoms with van der Waals surface area (Å²) in [6, 6.07) is 8.55. The second kappa shape index (κ2) is 5.31. The molecule has 0 aromatic heterocycles. The van der Waals surface area contributed by atoms with Crippen LogP contribution in [0, 0.1) is 5.92 Å². The number of likely N-dealkylation sites (tertiary alicyclic amines) is 1. The van der Waals surface area contributed by atoms with Gasteiger partial charge in [-0.2, -0.15) is 0 Å². The van der Waals surface area contributed by atoms with Crippen molar-refractivity contribution in [2.24, 2.45) is 5.92 Å². The first kappa shape index (κ1) is 12.0. The number of aromatic hydroxyl groups is 1. The van der Waals surface area contributed by atoms with Gasteiger partial charge >= 0.3 is 0 Å². The molecule has 0 spiro atoms. The van der Waals surface area contributed by atoms with Gasteiger partial charge in [-0.25, -0.2) is 0 Å². The van der Waals surface area contributed by atoms with Crippen molar-refractivity contribution >= 4 is 0 Å². The zero-order chi connectivity index (χ0) is 12.4. The average Bonchev–Trinajstić information content (AvgIpc) is 2.39. The Hall–Kier alpha value is -1.02. The molecule has 2 aliphatic rings. The van der Waals surface area contributed by atoms with Crippen LogP contribution in [0.15, 0.2) is 24.3 Å². The summed E-state index contributed by atoms with van der Waals surface area (Å²) in [4.78, 5) is 2.65. The predicted octanol–water partition coefficient (Wildman–Crippen LogP) is 3.55. The fraction of sp³-hybridized carbons (Fsp3) is 0.625. The first-order valence-corrected chi connectivity index (χ1v) is 7.35. The highest BCUT2D eigenvalue weighted by Gasteiger charge is 2.32. The Morgan fingerprint density at radius 1 is 1.11 bits per heavy atom. The van der Waals surface area contributed by atoms with E-state index in [1.807, 2.05) is 12.1 Å². The molecule has 2 heteroatoms. The molecule has 2 atom stereocenters.